The van der Waals surface area contributed by atoms with Crippen LogP contribution in [0.3, 0.4) is 0 Å². The molecule has 1 aliphatic rings. The molecule has 0 saturated heterocycles. The monoisotopic (exact) mass is 182 g/mol. The first-order valence-electron chi connectivity index (χ1n) is 2.36. The smallest absolute Gasteiger partial charge is 0.193 e. The molecular formula is C4H6O2S3. The quantitative estimate of drug-likeness (QED) is 0.623. The van der Waals surface area contributed by atoms with Gasteiger partial charge in [-0.2, -0.15) is 0 Å². The lowest BCUT2D eigenvalue weighted by atomic mass is 11.0. The highest BCUT2D eigenvalue weighted by molar-refractivity contribution is 8.18. The van der Waals surface area contributed by atoms with E-state index in [0.29, 0.717) is 4.24 Å². The second kappa shape index (κ2) is 3.65. The topological polar surface area (TPSA) is 37.3 Å². The number of hydrogen-bond donors (Lipinski definition) is 1. The van der Waals surface area contributed by atoms with E-state index in [1.807, 2.05) is 0 Å². The fraction of sp³-hybridized carbons (Fsp3) is 0.500. The highest BCUT2D eigenvalue weighted by atomic mass is 32.2. The molecule has 0 spiro atoms. The normalized spacial score (nSPS) is 23.0. The van der Waals surface area contributed by atoms with Gasteiger partial charge in [-0.3, -0.25) is 0 Å². The molecule has 1 aliphatic heterocycles. The zero-order valence-corrected chi connectivity index (χ0v) is 7.02. The van der Waals surface area contributed by atoms with Crippen LogP contribution in [-0.4, -0.2) is 20.3 Å². The first-order valence-corrected chi connectivity index (χ1v) is 5.50. The van der Waals surface area contributed by atoms with Crippen molar-refractivity contribution in [2.75, 3.05) is 11.5 Å². The van der Waals surface area contributed by atoms with Gasteiger partial charge in [-0.25, -0.2) is 4.21 Å². The van der Waals surface area contributed by atoms with Crippen LogP contribution in [0.25, 0.3) is 0 Å². The molecule has 0 bridgehead atoms. The van der Waals surface area contributed by atoms with Gasteiger partial charge in [-0.05, 0) is 5.41 Å². The van der Waals surface area contributed by atoms with E-state index in [-0.39, 0.29) is 0 Å². The largest absolute Gasteiger partial charge is 0.302 e. The maximum absolute atomic E-state index is 10.4. The molecule has 0 amide bonds. The van der Waals surface area contributed by atoms with Crippen molar-refractivity contribution in [1.82, 2.24) is 0 Å². The fourth-order valence-electron chi connectivity index (χ4n) is 0.443. The minimum atomic E-state index is -1.75. The molecule has 1 heterocycles. The van der Waals surface area contributed by atoms with Gasteiger partial charge in [0.15, 0.2) is 11.1 Å². The van der Waals surface area contributed by atoms with Gasteiger partial charge in [0.05, 0.1) is 0 Å². The summed E-state index contributed by atoms with van der Waals surface area (Å²) in [6.45, 7) is 0. The molecular weight excluding hydrogens is 176 g/mol. The van der Waals surface area contributed by atoms with Crippen molar-refractivity contribution in [3.63, 3.8) is 0 Å². The molecule has 0 aromatic heterocycles. The Bertz CT molecular complexity index is 154. The maximum Gasteiger partial charge on any atom is 0.193 e. The Kier molecular flexibility index (Phi) is 3.11. The van der Waals surface area contributed by atoms with E-state index in [2.05, 4.69) is 0 Å². The second-order valence-corrected chi connectivity index (χ2v) is 4.72. The third-order valence-electron chi connectivity index (χ3n) is 0.797. The van der Waals surface area contributed by atoms with E-state index in [9.17, 15) is 4.21 Å². The van der Waals surface area contributed by atoms with Crippen molar-refractivity contribution in [3.05, 3.63) is 9.65 Å². The van der Waals surface area contributed by atoms with Gasteiger partial charge in [0.2, 0.25) is 0 Å². The van der Waals surface area contributed by atoms with Crippen molar-refractivity contribution >= 4 is 34.6 Å². The highest BCUT2D eigenvalue weighted by Crippen LogP contribution is 2.27. The molecule has 9 heavy (non-hydrogen) atoms. The van der Waals surface area contributed by atoms with Crippen LogP contribution in [0.4, 0.5) is 0 Å². The van der Waals surface area contributed by atoms with Gasteiger partial charge in [0, 0.05) is 11.5 Å². The standard InChI is InChI=1S/C4H6O2S3/c5-9(6)4-3-7-1-2-8-4/h3H,1-2H2,(H,5,6). The third-order valence-corrected chi connectivity index (χ3v) is 4.25. The molecule has 0 aromatic carbocycles. The van der Waals surface area contributed by atoms with Crippen LogP contribution in [0.2, 0.25) is 0 Å². The van der Waals surface area contributed by atoms with Crippen LogP contribution in [0.15, 0.2) is 9.65 Å². The van der Waals surface area contributed by atoms with Crippen LogP contribution in [0.1, 0.15) is 0 Å². The molecule has 0 radical (unpaired) electrons. The summed E-state index contributed by atoms with van der Waals surface area (Å²) in [6.07, 6.45) is 0. The van der Waals surface area contributed by atoms with Gasteiger partial charge in [0.25, 0.3) is 0 Å². The Morgan fingerprint density at radius 1 is 1.67 bits per heavy atom. The molecule has 5 heteroatoms. The molecule has 0 aliphatic carbocycles. The van der Waals surface area contributed by atoms with Gasteiger partial charge in [-0.1, -0.05) is 0 Å². The lowest BCUT2D eigenvalue weighted by Gasteiger charge is -2.06. The van der Waals surface area contributed by atoms with E-state index < -0.39 is 11.1 Å². The zero-order chi connectivity index (χ0) is 6.69. The average molecular weight is 182 g/mol. The summed E-state index contributed by atoms with van der Waals surface area (Å²) in [5, 5.41) is 1.75. The molecule has 1 unspecified atom stereocenters. The summed E-state index contributed by atoms with van der Waals surface area (Å²) in [6, 6.07) is 0. The summed E-state index contributed by atoms with van der Waals surface area (Å²) < 4.78 is 19.5. The van der Waals surface area contributed by atoms with E-state index in [1.54, 1.807) is 17.2 Å². The van der Waals surface area contributed by atoms with Crippen LogP contribution in [0, 0.1) is 0 Å². The Balaban J connectivity index is 2.57. The summed E-state index contributed by atoms with van der Waals surface area (Å²) in [5.41, 5.74) is 0. The van der Waals surface area contributed by atoms with E-state index in [1.165, 1.54) is 11.8 Å². The van der Waals surface area contributed by atoms with E-state index in [0.717, 1.165) is 11.5 Å². The minimum absolute atomic E-state index is 0.589. The van der Waals surface area contributed by atoms with E-state index in [4.69, 9.17) is 4.55 Å². The van der Waals surface area contributed by atoms with Crippen LogP contribution in [0.5, 0.6) is 0 Å². The van der Waals surface area contributed by atoms with Gasteiger partial charge in [-0.15, -0.1) is 23.5 Å². The Labute approximate surface area is 64.8 Å². The second-order valence-electron chi connectivity index (χ2n) is 1.41. The third kappa shape index (κ3) is 2.33. The molecule has 1 rings (SSSR count). The average Bonchev–Trinajstić information content (AvgIpc) is 1.90. The number of rotatable bonds is 1. The maximum atomic E-state index is 10.4. The molecule has 0 aromatic rings. The number of hydrogen-bond acceptors (Lipinski definition) is 3. The Morgan fingerprint density at radius 3 is 2.78 bits per heavy atom. The fourth-order valence-corrected chi connectivity index (χ4v) is 3.28. The van der Waals surface area contributed by atoms with Crippen molar-refractivity contribution < 1.29 is 8.76 Å². The first kappa shape index (κ1) is 7.65. The molecule has 2 nitrogen and oxygen atoms in total. The molecule has 1 atom stereocenters. The molecule has 1 N–H and O–H groups in total. The van der Waals surface area contributed by atoms with Crippen molar-refractivity contribution in [3.8, 4) is 0 Å². The lowest BCUT2D eigenvalue weighted by molar-refractivity contribution is 0.573. The van der Waals surface area contributed by atoms with Crippen LogP contribution >= 0.6 is 23.5 Å². The lowest BCUT2D eigenvalue weighted by Crippen LogP contribution is -1.95. The minimum Gasteiger partial charge on any atom is -0.302 e. The van der Waals surface area contributed by atoms with Gasteiger partial charge >= 0.3 is 0 Å². The Hall–Kier alpha value is 0.550. The molecule has 0 saturated carbocycles. The van der Waals surface area contributed by atoms with E-state index >= 15 is 0 Å². The van der Waals surface area contributed by atoms with Gasteiger partial charge in [0.1, 0.15) is 4.24 Å². The number of thioether (sulfide) groups is 2. The molecule has 52 valence electrons. The summed E-state index contributed by atoms with van der Waals surface area (Å²) in [7, 11) is 0. The highest BCUT2D eigenvalue weighted by Gasteiger charge is 2.08. The van der Waals surface area contributed by atoms with Crippen molar-refractivity contribution in [1.29, 1.82) is 0 Å². The summed E-state index contributed by atoms with van der Waals surface area (Å²) >= 11 is 1.31. The molecule has 0 fully saturated rings. The zero-order valence-electron chi connectivity index (χ0n) is 4.57. The summed E-state index contributed by atoms with van der Waals surface area (Å²) in [5.74, 6) is 1.99. The van der Waals surface area contributed by atoms with Gasteiger partial charge < -0.3 is 4.55 Å². The SMILES string of the molecule is O=S(O)C1=CSCCS1. The van der Waals surface area contributed by atoms with Crippen molar-refractivity contribution in [2.45, 2.75) is 0 Å². The summed E-state index contributed by atoms with van der Waals surface area (Å²) in [4.78, 5) is 0. The predicted octanol–water partition coefficient (Wildman–Crippen LogP) is 1.49. The Morgan fingerprint density at radius 2 is 2.44 bits per heavy atom. The predicted molar refractivity (Wildman–Crippen MR) is 43.8 cm³/mol. The van der Waals surface area contributed by atoms with Crippen molar-refractivity contribution in [2.24, 2.45) is 0 Å². The van der Waals surface area contributed by atoms with Crippen LogP contribution < -0.4 is 0 Å². The van der Waals surface area contributed by atoms with Crippen LogP contribution in [-0.2, 0) is 11.1 Å². The first-order chi connectivity index (χ1) is 4.30.